The molecular formula is C16H22F3N. The molecule has 1 fully saturated rings. The highest BCUT2D eigenvalue weighted by Gasteiger charge is 2.45. The first-order chi connectivity index (χ1) is 9.29. The lowest BCUT2D eigenvalue weighted by Gasteiger charge is -2.34. The largest absolute Gasteiger partial charge is 0.393 e. The van der Waals surface area contributed by atoms with Gasteiger partial charge in [0.05, 0.1) is 5.92 Å². The lowest BCUT2D eigenvalue weighted by molar-refractivity contribution is -0.188. The molecule has 2 atom stereocenters. The Bertz CT molecular complexity index is 456. The van der Waals surface area contributed by atoms with Gasteiger partial charge >= 0.3 is 6.18 Å². The van der Waals surface area contributed by atoms with Gasteiger partial charge in [-0.05, 0) is 63.3 Å². The van der Waals surface area contributed by atoms with E-state index < -0.39 is 18.1 Å². The summed E-state index contributed by atoms with van der Waals surface area (Å²) >= 11 is 0. The number of halogens is 3. The molecule has 1 N–H and O–H groups in total. The second-order valence-corrected chi connectivity index (χ2v) is 5.93. The topological polar surface area (TPSA) is 12.0 Å². The highest BCUT2D eigenvalue weighted by Crippen LogP contribution is 2.36. The smallest absolute Gasteiger partial charge is 0.313 e. The van der Waals surface area contributed by atoms with E-state index in [1.165, 1.54) is 0 Å². The quantitative estimate of drug-likeness (QED) is 0.863. The van der Waals surface area contributed by atoms with Crippen molar-refractivity contribution < 1.29 is 13.2 Å². The fourth-order valence-electron chi connectivity index (χ4n) is 3.31. The van der Waals surface area contributed by atoms with Crippen LogP contribution in [0.15, 0.2) is 12.1 Å². The SMILES string of the molecule is Cc1cc(C)c(CC2NCCCC2C(F)(F)F)c(C)c1. The van der Waals surface area contributed by atoms with Crippen LogP contribution in [0.5, 0.6) is 0 Å². The molecule has 0 aromatic heterocycles. The minimum absolute atomic E-state index is 0.241. The van der Waals surface area contributed by atoms with E-state index in [0.29, 0.717) is 19.4 Å². The van der Waals surface area contributed by atoms with Gasteiger partial charge in [0.25, 0.3) is 0 Å². The minimum Gasteiger partial charge on any atom is -0.313 e. The average Bonchev–Trinajstić information content (AvgIpc) is 2.33. The van der Waals surface area contributed by atoms with Crippen molar-refractivity contribution in [2.75, 3.05) is 6.54 Å². The van der Waals surface area contributed by atoms with Crippen LogP contribution >= 0.6 is 0 Å². The van der Waals surface area contributed by atoms with Crippen LogP contribution in [0.2, 0.25) is 0 Å². The predicted molar refractivity (Wildman–Crippen MR) is 74.9 cm³/mol. The van der Waals surface area contributed by atoms with E-state index >= 15 is 0 Å². The number of aryl methyl sites for hydroxylation is 3. The maximum absolute atomic E-state index is 13.1. The zero-order valence-electron chi connectivity index (χ0n) is 12.3. The van der Waals surface area contributed by atoms with Gasteiger partial charge in [-0.1, -0.05) is 17.7 Å². The van der Waals surface area contributed by atoms with E-state index in [1.807, 2.05) is 32.9 Å². The van der Waals surface area contributed by atoms with Gasteiger partial charge in [-0.25, -0.2) is 0 Å². The van der Waals surface area contributed by atoms with Gasteiger partial charge in [-0.3, -0.25) is 0 Å². The Balaban J connectivity index is 2.23. The highest BCUT2D eigenvalue weighted by molar-refractivity contribution is 5.38. The summed E-state index contributed by atoms with van der Waals surface area (Å²) in [6.07, 6.45) is -2.80. The molecule has 1 aliphatic rings. The summed E-state index contributed by atoms with van der Waals surface area (Å²) in [7, 11) is 0. The maximum Gasteiger partial charge on any atom is 0.393 e. The summed E-state index contributed by atoms with van der Waals surface area (Å²) in [5.41, 5.74) is 4.41. The van der Waals surface area contributed by atoms with Crippen molar-refractivity contribution in [2.45, 2.75) is 52.3 Å². The predicted octanol–water partition coefficient (Wildman–Crippen LogP) is 4.08. The van der Waals surface area contributed by atoms with Crippen molar-refractivity contribution in [3.05, 3.63) is 34.4 Å². The number of hydrogen-bond acceptors (Lipinski definition) is 1. The van der Waals surface area contributed by atoms with Crippen LogP contribution in [0.3, 0.4) is 0 Å². The Morgan fingerprint density at radius 2 is 1.75 bits per heavy atom. The second-order valence-electron chi connectivity index (χ2n) is 5.93. The van der Waals surface area contributed by atoms with Crippen LogP contribution in [0.25, 0.3) is 0 Å². The third-order valence-electron chi connectivity index (χ3n) is 4.27. The normalized spacial score (nSPS) is 23.9. The number of benzene rings is 1. The van der Waals surface area contributed by atoms with Crippen molar-refractivity contribution in [2.24, 2.45) is 5.92 Å². The van der Waals surface area contributed by atoms with E-state index in [0.717, 1.165) is 22.3 Å². The molecule has 0 aliphatic carbocycles. The lowest BCUT2D eigenvalue weighted by Crippen LogP contribution is -2.48. The molecule has 0 spiro atoms. The number of nitrogens with one attached hydrogen (secondary N) is 1. The third-order valence-corrected chi connectivity index (χ3v) is 4.27. The summed E-state index contributed by atoms with van der Waals surface area (Å²) in [5, 5.41) is 3.07. The van der Waals surface area contributed by atoms with Crippen LogP contribution < -0.4 is 5.32 Å². The second kappa shape index (κ2) is 5.76. The molecule has 1 aromatic carbocycles. The Morgan fingerprint density at radius 1 is 1.15 bits per heavy atom. The molecule has 1 aromatic rings. The highest BCUT2D eigenvalue weighted by atomic mass is 19.4. The molecule has 20 heavy (non-hydrogen) atoms. The molecule has 0 bridgehead atoms. The van der Waals surface area contributed by atoms with Gasteiger partial charge in [0.15, 0.2) is 0 Å². The molecular weight excluding hydrogens is 263 g/mol. The molecule has 1 nitrogen and oxygen atoms in total. The fraction of sp³-hybridized carbons (Fsp3) is 0.625. The number of alkyl halides is 3. The van der Waals surface area contributed by atoms with Crippen LogP contribution in [0, 0.1) is 26.7 Å². The maximum atomic E-state index is 13.1. The minimum atomic E-state index is -4.11. The molecule has 0 radical (unpaired) electrons. The Morgan fingerprint density at radius 3 is 2.30 bits per heavy atom. The molecule has 1 aliphatic heterocycles. The molecule has 2 unspecified atom stereocenters. The molecule has 112 valence electrons. The van der Waals surface area contributed by atoms with E-state index in [-0.39, 0.29) is 6.42 Å². The zero-order valence-corrected chi connectivity index (χ0v) is 12.3. The Labute approximate surface area is 118 Å². The third kappa shape index (κ3) is 3.35. The van der Waals surface area contributed by atoms with Crippen LogP contribution in [0.1, 0.15) is 35.1 Å². The van der Waals surface area contributed by atoms with E-state index in [9.17, 15) is 13.2 Å². The van der Waals surface area contributed by atoms with E-state index in [4.69, 9.17) is 0 Å². The number of piperidine rings is 1. The van der Waals surface area contributed by atoms with E-state index in [1.54, 1.807) is 0 Å². The zero-order chi connectivity index (χ0) is 14.9. The average molecular weight is 285 g/mol. The first kappa shape index (κ1) is 15.4. The summed E-state index contributed by atoms with van der Waals surface area (Å²) in [6.45, 7) is 6.67. The first-order valence-corrected chi connectivity index (χ1v) is 7.16. The van der Waals surface area contributed by atoms with Crippen molar-refractivity contribution in [1.82, 2.24) is 5.32 Å². The summed E-state index contributed by atoms with van der Waals surface area (Å²) in [5.74, 6) is -1.23. The summed E-state index contributed by atoms with van der Waals surface area (Å²) < 4.78 is 39.4. The molecule has 0 saturated carbocycles. The van der Waals surface area contributed by atoms with Gasteiger partial charge in [0.1, 0.15) is 0 Å². The monoisotopic (exact) mass is 285 g/mol. The van der Waals surface area contributed by atoms with Gasteiger partial charge in [-0.15, -0.1) is 0 Å². The number of rotatable bonds is 2. The van der Waals surface area contributed by atoms with Gasteiger partial charge < -0.3 is 5.32 Å². The summed E-state index contributed by atoms with van der Waals surface area (Å²) in [4.78, 5) is 0. The lowest BCUT2D eigenvalue weighted by atomic mass is 9.84. The van der Waals surface area contributed by atoms with Crippen molar-refractivity contribution >= 4 is 0 Å². The van der Waals surface area contributed by atoms with Crippen molar-refractivity contribution in [1.29, 1.82) is 0 Å². The first-order valence-electron chi connectivity index (χ1n) is 7.16. The molecule has 1 heterocycles. The summed E-state index contributed by atoms with van der Waals surface area (Å²) in [6, 6.07) is 3.60. The molecule has 2 rings (SSSR count). The molecule has 1 saturated heterocycles. The Hall–Kier alpha value is -1.03. The van der Waals surface area contributed by atoms with Crippen molar-refractivity contribution in [3.8, 4) is 0 Å². The Kier molecular flexibility index (Phi) is 4.43. The van der Waals surface area contributed by atoms with Crippen LogP contribution in [-0.2, 0) is 6.42 Å². The van der Waals surface area contributed by atoms with Gasteiger partial charge in [0.2, 0.25) is 0 Å². The fourth-order valence-corrected chi connectivity index (χ4v) is 3.31. The number of hydrogen-bond donors (Lipinski definition) is 1. The molecule has 4 heteroatoms. The van der Waals surface area contributed by atoms with Crippen LogP contribution in [0.4, 0.5) is 13.2 Å². The molecule has 0 amide bonds. The standard InChI is InChI=1S/C16H22F3N/c1-10-7-11(2)13(12(3)8-10)9-15-14(16(17,18)19)5-4-6-20-15/h7-8,14-15,20H,4-6,9H2,1-3H3. The van der Waals surface area contributed by atoms with Crippen molar-refractivity contribution in [3.63, 3.8) is 0 Å². The van der Waals surface area contributed by atoms with Gasteiger partial charge in [0, 0.05) is 6.04 Å². The van der Waals surface area contributed by atoms with Gasteiger partial charge in [-0.2, -0.15) is 13.2 Å². The van der Waals surface area contributed by atoms with Crippen LogP contribution in [-0.4, -0.2) is 18.8 Å². The van der Waals surface area contributed by atoms with E-state index in [2.05, 4.69) is 5.32 Å².